The number of thiophene rings is 1. The molecule has 1 aromatic heterocycles. The molecule has 0 aliphatic heterocycles. The van der Waals surface area contributed by atoms with Crippen LogP contribution in [0, 0.1) is 5.92 Å². The van der Waals surface area contributed by atoms with Crippen LogP contribution < -0.4 is 5.32 Å². The first-order valence-electron chi connectivity index (χ1n) is 7.28. The Morgan fingerprint density at radius 1 is 1.25 bits per heavy atom. The third-order valence-electron chi connectivity index (χ3n) is 4.34. The van der Waals surface area contributed by atoms with E-state index >= 15 is 0 Å². The Morgan fingerprint density at radius 3 is 2.75 bits per heavy atom. The summed E-state index contributed by atoms with van der Waals surface area (Å²) in [6.45, 7) is 0. The monoisotopic (exact) mass is 293 g/mol. The van der Waals surface area contributed by atoms with Crippen LogP contribution in [0.3, 0.4) is 0 Å². The zero-order chi connectivity index (χ0) is 14.1. The zero-order valence-electron chi connectivity index (χ0n) is 11.4. The number of carboxylic acids is 1. The number of aliphatic carboxylic acids is 1. The molecule has 2 N–H and O–H groups in total. The highest BCUT2D eigenvalue weighted by molar-refractivity contribution is 7.14. The zero-order valence-corrected chi connectivity index (χ0v) is 12.2. The van der Waals surface area contributed by atoms with Crippen molar-refractivity contribution in [1.82, 2.24) is 5.32 Å². The average molecular weight is 293 g/mol. The van der Waals surface area contributed by atoms with E-state index in [4.69, 9.17) is 5.11 Å². The number of hydrogen-bond acceptors (Lipinski definition) is 3. The van der Waals surface area contributed by atoms with Crippen LogP contribution in [0.25, 0.3) is 0 Å². The lowest BCUT2D eigenvalue weighted by atomic mass is 9.99. The fourth-order valence-corrected chi connectivity index (χ4v) is 4.35. The van der Waals surface area contributed by atoms with Crippen LogP contribution in [0.15, 0.2) is 6.07 Å². The number of amides is 1. The minimum absolute atomic E-state index is 0.0164. The molecule has 1 saturated carbocycles. The van der Waals surface area contributed by atoms with Gasteiger partial charge in [-0.3, -0.25) is 9.59 Å². The van der Waals surface area contributed by atoms with E-state index in [-0.39, 0.29) is 17.9 Å². The lowest BCUT2D eigenvalue weighted by molar-refractivity contribution is -0.141. The Hall–Kier alpha value is -1.36. The fourth-order valence-electron chi connectivity index (χ4n) is 3.20. The van der Waals surface area contributed by atoms with Crippen LogP contribution in [0.1, 0.15) is 52.2 Å². The number of carboxylic acid groups (broad SMARTS) is 1. The highest BCUT2D eigenvalue weighted by Crippen LogP contribution is 2.30. The van der Waals surface area contributed by atoms with Gasteiger partial charge in [0.1, 0.15) is 0 Å². The van der Waals surface area contributed by atoms with Crippen molar-refractivity contribution in [2.45, 2.75) is 51.0 Å². The normalized spacial score (nSPS) is 25.2. The quantitative estimate of drug-likeness (QED) is 0.900. The molecule has 1 amide bonds. The van der Waals surface area contributed by atoms with Gasteiger partial charge in [0.25, 0.3) is 5.91 Å². The summed E-state index contributed by atoms with van der Waals surface area (Å²) in [4.78, 5) is 25.3. The van der Waals surface area contributed by atoms with Gasteiger partial charge in [-0.1, -0.05) is 0 Å². The Balaban J connectivity index is 1.62. The number of carbonyl (C=O) groups excluding carboxylic acids is 1. The van der Waals surface area contributed by atoms with E-state index < -0.39 is 5.97 Å². The predicted octanol–water partition coefficient (Wildman–Crippen LogP) is 2.61. The van der Waals surface area contributed by atoms with E-state index in [1.165, 1.54) is 23.3 Å². The van der Waals surface area contributed by atoms with Gasteiger partial charge in [0.15, 0.2) is 0 Å². The number of aryl methyl sites for hydroxylation is 2. The van der Waals surface area contributed by atoms with Gasteiger partial charge in [0, 0.05) is 10.9 Å². The standard InChI is InChI=1S/C15H19NO3S/c17-14(16-11-6-5-10(7-11)15(18)19)13-8-9-3-1-2-4-12(9)20-13/h8,10-11H,1-7H2,(H,16,17)(H,18,19)/t10-,11+/m0/s1. The maximum Gasteiger partial charge on any atom is 0.306 e. The Morgan fingerprint density at radius 2 is 2.05 bits per heavy atom. The van der Waals surface area contributed by atoms with Gasteiger partial charge in [-0.05, 0) is 56.6 Å². The highest BCUT2D eigenvalue weighted by atomic mass is 32.1. The molecule has 1 fully saturated rings. The van der Waals surface area contributed by atoms with Crippen molar-refractivity contribution >= 4 is 23.2 Å². The molecular formula is C15H19NO3S. The molecule has 20 heavy (non-hydrogen) atoms. The summed E-state index contributed by atoms with van der Waals surface area (Å²) in [5.41, 5.74) is 1.33. The molecule has 2 aliphatic carbocycles. The van der Waals surface area contributed by atoms with E-state index in [1.807, 2.05) is 6.07 Å². The second-order valence-corrected chi connectivity index (χ2v) is 6.92. The smallest absolute Gasteiger partial charge is 0.306 e. The second kappa shape index (κ2) is 5.56. The van der Waals surface area contributed by atoms with Crippen molar-refractivity contribution in [2.24, 2.45) is 5.92 Å². The molecule has 0 spiro atoms. The summed E-state index contributed by atoms with van der Waals surface area (Å²) in [6.07, 6.45) is 6.62. The van der Waals surface area contributed by atoms with Gasteiger partial charge in [-0.2, -0.15) is 0 Å². The highest BCUT2D eigenvalue weighted by Gasteiger charge is 2.31. The summed E-state index contributed by atoms with van der Waals surface area (Å²) >= 11 is 1.61. The molecule has 0 radical (unpaired) electrons. The third kappa shape index (κ3) is 2.73. The lowest BCUT2D eigenvalue weighted by Gasteiger charge is -2.11. The maximum absolute atomic E-state index is 12.2. The first kappa shape index (κ1) is 13.6. The molecule has 4 nitrogen and oxygen atoms in total. The SMILES string of the molecule is O=C(N[C@@H]1CC[C@H](C(=O)O)C1)c1cc2c(s1)CCCC2. The molecule has 0 saturated heterocycles. The molecule has 2 atom stereocenters. The van der Waals surface area contributed by atoms with Crippen molar-refractivity contribution < 1.29 is 14.7 Å². The summed E-state index contributed by atoms with van der Waals surface area (Å²) in [5.74, 6) is -1.06. The minimum Gasteiger partial charge on any atom is -0.481 e. The van der Waals surface area contributed by atoms with Gasteiger partial charge in [0.2, 0.25) is 0 Å². The van der Waals surface area contributed by atoms with Crippen LogP contribution in [0.2, 0.25) is 0 Å². The lowest BCUT2D eigenvalue weighted by Crippen LogP contribution is -2.32. The first-order chi connectivity index (χ1) is 9.63. The topological polar surface area (TPSA) is 66.4 Å². The van der Waals surface area contributed by atoms with Crippen molar-refractivity contribution in [3.63, 3.8) is 0 Å². The fraction of sp³-hybridized carbons (Fsp3) is 0.600. The molecule has 108 valence electrons. The molecule has 2 aliphatic rings. The summed E-state index contributed by atoms with van der Waals surface area (Å²) < 4.78 is 0. The van der Waals surface area contributed by atoms with Crippen molar-refractivity contribution in [3.8, 4) is 0 Å². The predicted molar refractivity (Wildman–Crippen MR) is 77.2 cm³/mol. The van der Waals surface area contributed by atoms with Gasteiger partial charge in [-0.15, -0.1) is 11.3 Å². The first-order valence-corrected chi connectivity index (χ1v) is 8.10. The number of carbonyl (C=O) groups is 2. The van der Waals surface area contributed by atoms with Crippen LogP contribution in [-0.2, 0) is 17.6 Å². The summed E-state index contributed by atoms with van der Waals surface area (Å²) in [6, 6.07) is 2.04. The van der Waals surface area contributed by atoms with E-state index in [2.05, 4.69) is 5.32 Å². The molecular weight excluding hydrogens is 274 g/mol. The molecule has 5 heteroatoms. The largest absolute Gasteiger partial charge is 0.481 e. The van der Waals surface area contributed by atoms with Gasteiger partial charge < -0.3 is 10.4 Å². The number of fused-ring (bicyclic) bond motifs is 1. The molecule has 1 heterocycles. The summed E-state index contributed by atoms with van der Waals surface area (Å²) in [7, 11) is 0. The average Bonchev–Trinajstić information content (AvgIpc) is 3.04. The minimum atomic E-state index is -0.742. The van der Waals surface area contributed by atoms with E-state index in [1.54, 1.807) is 11.3 Å². The maximum atomic E-state index is 12.2. The van der Waals surface area contributed by atoms with Crippen LogP contribution in [0.4, 0.5) is 0 Å². The second-order valence-electron chi connectivity index (χ2n) is 5.78. The van der Waals surface area contributed by atoms with E-state index in [0.29, 0.717) is 12.8 Å². The molecule has 1 aromatic rings. The van der Waals surface area contributed by atoms with Crippen LogP contribution in [0.5, 0.6) is 0 Å². The molecule has 0 unspecified atom stereocenters. The number of nitrogens with one attached hydrogen (secondary N) is 1. The molecule has 0 bridgehead atoms. The van der Waals surface area contributed by atoms with Gasteiger partial charge >= 0.3 is 5.97 Å². The van der Waals surface area contributed by atoms with Crippen LogP contribution >= 0.6 is 11.3 Å². The Labute approximate surface area is 122 Å². The Bertz CT molecular complexity index is 514. The third-order valence-corrected chi connectivity index (χ3v) is 5.57. The van der Waals surface area contributed by atoms with Crippen molar-refractivity contribution in [2.75, 3.05) is 0 Å². The molecule has 0 aromatic carbocycles. The van der Waals surface area contributed by atoms with Crippen molar-refractivity contribution in [1.29, 1.82) is 0 Å². The Kier molecular flexibility index (Phi) is 3.78. The van der Waals surface area contributed by atoms with E-state index in [0.717, 1.165) is 24.1 Å². The number of hydrogen-bond donors (Lipinski definition) is 2. The molecule has 3 rings (SSSR count). The summed E-state index contributed by atoms with van der Waals surface area (Å²) in [5, 5.41) is 12.0. The van der Waals surface area contributed by atoms with E-state index in [9.17, 15) is 9.59 Å². The van der Waals surface area contributed by atoms with Crippen LogP contribution in [-0.4, -0.2) is 23.0 Å². The van der Waals surface area contributed by atoms with Gasteiger partial charge in [-0.25, -0.2) is 0 Å². The number of rotatable bonds is 3. The van der Waals surface area contributed by atoms with Crippen molar-refractivity contribution in [3.05, 3.63) is 21.4 Å². The van der Waals surface area contributed by atoms with Gasteiger partial charge in [0.05, 0.1) is 10.8 Å².